The Balaban J connectivity index is 2.32. The third-order valence-corrected chi connectivity index (χ3v) is 2.22. The van der Waals surface area contributed by atoms with Crippen LogP contribution < -0.4 is 0 Å². The van der Waals surface area contributed by atoms with Gasteiger partial charge in [0.15, 0.2) is 6.10 Å². The Morgan fingerprint density at radius 2 is 2.27 bits per heavy atom. The lowest BCUT2D eigenvalue weighted by Gasteiger charge is -2.10. The average Bonchev–Trinajstić information content (AvgIpc) is 2.77. The van der Waals surface area contributed by atoms with Crippen LogP contribution in [0.15, 0.2) is 31.0 Å². The first-order valence-corrected chi connectivity index (χ1v) is 4.78. The summed E-state index contributed by atoms with van der Waals surface area (Å²) in [5.41, 5.74) is 0.561. The molecular weight excluding hydrogens is 192 g/mol. The molecule has 5 nitrogen and oxygen atoms in total. The number of aryl methyl sites for hydroxylation is 1. The van der Waals surface area contributed by atoms with E-state index >= 15 is 0 Å². The maximum atomic E-state index is 10.0. The Labute approximate surface area is 87.5 Å². The van der Waals surface area contributed by atoms with Gasteiger partial charge in [0.25, 0.3) is 0 Å². The summed E-state index contributed by atoms with van der Waals surface area (Å²) in [6.45, 7) is 2.77. The number of aliphatic hydroxyl groups excluding tert-OH is 1. The molecular formula is C10H12N4O. The Morgan fingerprint density at radius 1 is 1.40 bits per heavy atom. The Morgan fingerprint density at radius 3 is 2.93 bits per heavy atom. The van der Waals surface area contributed by atoms with Gasteiger partial charge in [-0.1, -0.05) is 0 Å². The second-order valence-electron chi connectivity index (χ2n) is 3.11. The van der Waals surface area contributed by atoms with Crippen LogP contribution in [0.2, 0.25) is 0 Å². The highest BCUT2D eigenvalue weighted by Gasteiger charge is 2.16. The second kappa shape index (κ2) is 4.18. The molecule has 0 saturated heterocycles. The van der Waals surface area contributed by atoms with Crippen molar-refractivity contribution in [1.29, 1.82) is 0 Å². The minimum absolute atomic E-state index is 0.561. The smallest absolute Gasteiger partial charge is 0.154 e. The molecule has 5 heteroatoms. The summed E-state index contributed by atoms with van der Waals surface area (Å²) < 4.78 is 1.88. The van der Waals surface area contributed by atoms with Gasteiger partial charge in [0.05, 0.1) is 5.69 Å². The van der Waals surface area contributed by atoms with Gasteiger partial charge in [-0.2, -0.15) is 0 Å². The van der Waals surface area contributed by atoms with Crippen LogP contribution in [0.25, 0.3) is 0 Å². The first kappa shape index (κ1) is 9.79. The molecule has 78 valence electrons. The van der Waals surface area contributed by atoms with Crippen molar-refractivity contribution in [2.75, 3.05) is 0 Å². The van der Waals surface area contributed by atoms with Gasteiger partial charge >= 0.3 is 0 Å². The summed E-state index contributed by atoms with van der Waals surface area (Å²) >= 11 is 0. The summed E-state index contributed by atoms with van der Waals surface area (Å²) in [6.07, 6.45) is 5.73. The van der Waals surface area contributed by atoms with Gasteiger partial charge in [-0.3, -0.25) is 0 Å². The number of hydrogen-bond acceptors (Lipinski definition) is 4. The van der Waals surface area contributed by atoms with E-state index in [0.29, 0.717) is 11.5 Å². The molecule has 0 aliphatic carbocycles. The zero-order valence-electron chi connectivity index (χ0n) is 8.41. The minimum Gasteiger partial charge on any atom is -0.379 e. The minimum atomic E-state index is -0.789. The Hall–Kier alpha value is -1.75. The topological polar surface area (TPSA) is 63.8 Å². The Bertz CT molecular complexity index is 426. The van der Waals surface area contributed by atoms with Crippen LogP contribution in [0.4, 0.5) is 0 Å². The number of rotatable bonds is 3. The van der Waals surface area contributed by atoms with Gasteiger partial charge in [-0.15, -0.1) is 0 Å². The highest BCUT2D eigenvalue weighted by atomic mass is 16.3. The number of aromatic nitrogens is 4. The van der Waals surface area contributed by atoms with E-state index in [9.17, 15) is 5.11 Å². The highest BCUT2D eigenvalue weighted by Crippen LogP contribution is 2.17. The molecule has 2 aromatic rings. The number of imidazole rings is 1. The molecule has 0 bridgehead atoms. The van der Waals surface area contributed by atoms with Crippen LogP contribution in [0, 0.1) is 0 Å². The second-order valence-corrected chi connectivity index (χ2v) is 3.11. The lowest BCUT2D eigenvalue weighted by atomic mass is 10.2. The molecule has 0 fully saturated rings. The van der Waals surface area contributed by atoms with Crippen molar-refractivity contribution < 1.29 is 5.11 Å². The number of aliphatic hydroxyl groups is 1. The average molecular weight is 204 g/mol. The van der Waals surface area contributed by atoms with Crippen LogP contribution in [-0.2, 0) is 6.54 Å². The maximum absolute atomic E-state index is 10.0. The van der Waals surface area contributed by atoms with Gasteiger partial charge in [0.1, 0.15) is 12.2 Å². The fourth-order valence-electron chi connectivity index (χ4n) is 1.43. The molecule has 2 rings (SSSR count). The van der Waals surface area contributed by atoms with E-state index in [0.717, 1.165) is 6.54 Å². The van der Waals surface area contributed by atoms with E-state index < -0.39 is 6.10 Å². The molecule has 0 radical (unpaired) electrons. The zero-order chi connectivity index (χ0) is 10.7. The number of hydrogen-bond donors (Lipinski definition) is 1. The van der Waals surface area contributed by atoms with E-state index in [-0.39, 0.29) is 0 Å². The van der Waals surface area contributed by atoms with E-state index in [4.69, 9.17) is 0 Å². The zero-order valence-corrected chi connectivity index (χ0v) is 8.41. The molecule has 2 aromatic heterocycles. The van der Waals surface area contributed by atoms with Crippen molar-refractivity contribution >= 4 is 0 Å². The van der Waals surface area contributed by atoms with Crippen molar-refractivity contribution in [3.8, 4) is 0 Å². The molecule has 0 aromatic carbocycles. The van der Waals surface area contributed by atoms with Crippen molar-refractivity contribution in [2.45, 2.75) is 19.6 Å². The summed E-state index contributed by atoms with van der Waals surface area (Å²) in [7, 11) is 0. The van der Waals surface area contributed by atoms with E-state index in [1.807, 2.05) is 17.7 Å². The van der Waals surface area contributed by atoms with Crippen molar-refractivity contribution in [2.24, 2.45) is 0 Å². The van der Waals surface area contributed by atoms with Crippen molar-refractivity contribution in [1.82, 2.24) is 19.5 Å². The monoisotopic (exact) mass is 204 g/mol. The molecule has 0 aliphatic rings. The normalized spacial score (nSPS) is 12.7. The molecule has 0 spiro atoms. The van der Waals surface area contributed by atoms with E-state index in [2.05, 4.69) is 15.0 Å². The fourth-order valence-corrected chi connectivity index (χ4v) is 1.43. The molecule has 1 unspecified atom stereocenters. The lowest BCUT2D eigenvalue weighted by molar-refractivity contribution is 0.200. The van der Waals surface area contributed by atoms with Crippen LogP contribution in [0.5, 0.6) is 0 Å². The number of nitrogens with zero attached hydrogens (tertiary/aromatic N) is 4. The summed E-state index contributed by atoms with van der Waals surface area (Å²) in [6, 6.07) is 1.68. The van der Waals surface area contributed by atoms with Gasteiger partial charge in [0, 0.05) is 25.1 Å². The van der Waals surface area contributed by atoms with Gasteiger partial charge in [0.2, 0.25) is 0 Å². The predicted molar refractivity (Wildman–Crippen MR) is 54.0 cm³/mol. The van der Waals surface area contributed by atoms with Crippen molar-refractivity contribution in [3.05, 3.63) is 42.5 Å². The third-order valence-electron chi connectivity index (χ3n) is 2.22. The SMILES string of the molecule is CCn1ccnc1C(O)c1ccncn1. The quantitative estimate of drug-likeness (QED) is 0.802. The van der Waals surface area contributed by atoms with Crippen LogP contribution in [-0.4, -0.2) is 24.6 Å². The van der Waals surface area contributed by atoms with Crippen LogP contribution in [0.3, 0.4) is 0 Å². The van der Waals surface area contributed by atoms with Gasteiger partial charge in [-0.05, 0) is 13.0 Å². The third kappa shape index (κ3) is 1.87. The molecule has 15 heavy (non-hydrogen) atoms. The van der Waals surface area contributed by atoms with Gasteiger partial charge in [-0.25, -0.2) is 15.0 Å². The molecule has 0 amide bonds. The lowest BCUT2D eigenvalue weighted by Crippen LogP contribution is -2.10. The first-order valence-electron chi connectivity index (χ1n) is 4.78. The first-order chi connectivity index (χ1) is 7.33. The van der Waals surface area contributed by atoms with Crippen LogP contribution >= 0.6 is 0 Å². The summed E-state index contributed by atoms with van der Waals surface area (Å²) in [5, 5.41) is 10.0. The predicted octanol–water partition coefficient (Wildman–Crippen LogP) is 0.775. The van der Waals surface area contributed by atoms with E-state index in [1.165, 1.54) is 6.33 Å². The van der Waals surface area contributed by atoms with Crippen molar-refractivity contribution in [3.63, 3.8) is 0 Å². The molecule has 1 N–H and O–H groups in total. The van der Waals surface area contributed by atoms with Crippen LogP contribution in [0.1, 0.15) is 24.5 Å². The van der Waals surface area contributed by atoms with E-state index in [1.54, 1.807) is 18.5 Å². The molecule has 1 atom stereocenters. The Kier molecular flexibility index (Phi) is 2.73. The fraction of sp³-hybridized carbons (Fsp3) is 0.300. The van der Waals surface area contributed by atoms with Gasteiger partial charge < -0.3 is 9.67 Å². The highest BCUT2D eigenvalue weighted by molar-refractivity contribution is 5.13. The summed E-state index contributed by atoms with van der Waals surface area (Å²) in [4.78, 5) is 11.9. The summed E-state index contributed by atoms with van der Waals surface area (Å²) in [5.74, 6) is 0.608. The molecule has 0 aliphatic heterocycles. The standard InChI is InChI=1S/C10H12N4O/c1-2-14-6-5-12-10(14)9(15)8-3-4-11-7-13-8/h3-7,9,15H,2H2,1H3. The maximum Gasteiger partial charge on any atom is 0.154 e. The largest absolute Gasteiger partial charge is 0.379 e. The molecule has 0 saturated carbocycles. The molecule has 2 heterocycles.